The third-order valence-electron chi connectivity index (χ3n) is 6.49. The molecule has 0 radical (unpaired) electrons. The van der Waals surface area contributed by atoms with E-state index in [4.69, 9.17) is 0 Å². The Morgan fingerprint density at radius 1 is 1.00 bits per heavy atom. The molecule has 1 aromatic heterocycles. The minimum Gasteiger partial charge on any atom is -0.226 e. The highest BCUT2D eigenvalue weighted by molar-refractivity contribution is 5.81. The fraction of sp³-hybridized carbons (Fsp3) is 0.435. The van der Waals surface area contributed by atoms with Crippen molar-refractivity contribution in [1.82, 2.24) is 4.57 Å². The lowest BCUT2D eigenvalue weighted by molar-refractivity contribution is -0.664. The van der Waals surface area contributed by atoms with E-state index in [0.717, 1.165) is 12.5 Å². The van der Waals surface area contributed by atoms with E-state index in [-0.39, 0.29) is 0 Å². The molecule has 0 atom stereocenters. The first-order chi connectivity index (χ1) is 12.3. The van der Waals surface area contributed by atoms with E-state index >= 15 is 0 Å². The maximum atomic E-state index is 2.61. The Hall–Kier alpha value is -2.09. The summed E-state index contributed by atoms with van der Waals surface area (Å²) in [5, 5.41) is 0. The van der Waals surface area contributed by atoms with Crippen molar-refractivity contribution in [2.75, 3.05) is 0 Å². The van der Waals surface area contributed by atoms with Gasteiger partial charge in [-0.2, -0.15) is 0 Å². The predicted octanol–water partition coefficient (Wildman–Crippen LogP) is 5.05. The first kappa shape index (κ1) is 15.2. The maximum absolute atomic E-state index is 2.61. The van der Waals surface area contributed by atoms with Crippen LogP contribution in [0, 0.1) is 6.92 Å². The van der Waals surface area contributed by atoms with Gasteiger partial charge >= 0.3 is 0 Å². The molecule has 128 valence electrons. The molecule has 2 heteroatoms. The molecule has 1 aliphatic heterocycles. The zero-order valence-electron chi connectivity index (χ0n) is 15.4. The number of nitrogens with zero attached hydrogens (tertiary/aromatic N) is 2. The first-order valence-electron chi connectivity index (χ1n) is 9.85. The lowest BCUT2D eigenvalue weighted by Gasteiger charge is -2.18. The van der Waals surface area contributed by atoms with Crippen LogP contribution in [0.1, 0.15) is 54.7 Å². The van der Waals surface area contributed by atoms with E-state index in [2.05, 4.69) is 59.5 Å². The Kier molecular flexibility index (Phi) is 3.48. The van der Waals surface area contributed by atoms with Crippen molar-refractivity contribution in [2.24, 2.45) is 7.05 Å². The maximum Gasteiger partial charge on any atom is 0.289 e. The molecule has 0 saturated heterocycles. The molecule has 0 bridgehead atoms. The zero-order valence-corrected chi connectivity index (χ0v) is 15.4. The van der Waals surface area contributed by atoms with Crippen molar-refractivity contribution >= 4 is 11.0 Å². The molecule has 5 rings (SSSR count). The fourth-order valence-corrected chi connectivity index (χ4v) is 5.28. The van der Waals surface area contributed by atoms with Gasteiger partial charge in [-0.3, -0.25) is 0 Å². The lowest BCUT2D eigenvalue weighted by atomic mass is 9.88. The van der Waals surface area contributed by atoms with Crippen molar-refractivity contribution in [3.63, 3.8) is 0 Å². The minimum absolute atomic E-state index is 0.799. The predicted molar refractivity (Wildman–Crippen MR) is 103 cm³/mol. The summed E-state index contributed by atoms with van der Waals surface area (Å²) in [6, 6.07) is 13.6. The van der Waals surface area contributed by atoms with Gasteiger partial charge in [-0.1, -0.05) is 37.1 Å². The van der Waals surface area contributed by atoms with E-state index in [1.807, 2.05) is 0 Å². The third-order valence-corrected chi connectivity index (χ3v) is 6.49. The van der Waals surface area contributed by atoms with Crippen LogP contribution in [0.3, 0.4) is 0 Å². The highest BCUT2D eigenvalue weighted by atomic mass is 15.2. The molecule has 2 heterocycles. The second kappa shape index (κ2) is 5.72. The lowest BCUT2D eigenvalue weighted by Crippen LogP contribution is -2.39. The average Bonchev–Trinajstić information content (AvgIpc) is 3.25. The second-order valence-corrected chi connectivity index (χ2v) is 7.94. The molecule has 25 heavy (non-hydrogen) atoms. The Balaban J connectivity index is 1.81. The van der Waals surface area contributed by atoms with Gasteiger partial charge in [0.1, 0.15) is 0 Å². The summed E-state index contributed by atoms with van der Waals surface area (Å²) in [6.07, 6.45) is 8.10. The van der Waals surface area contributed by atoms with Gasteiger partial charge in [0, 0.05) is 5.56 Å². The van der Waals surface area contributed by atoms with Gasteiger partial charge in [0.2, 0.25) is 0 Å². The normalized spacial score (nSPS) is 17.5. The van der Waals surface area contributed by atoms with E-state index in [0.29, 0.717) is 0 Å². The summed E-state index contributed by atoms with van der Waals surface area (Å²) in [5.74, 6) is 2.17. The quantitative estimate of drug-likeness (QED) is 0.581. The molecule has 0 spiro atoms. The Labute approximate surface area is 150 Å². The first-order valence-corrected chi connectivity index (χ1v) is 9.85. The van der Waals surface area contributed by atoms with Gasteiger partial charge in [-0.15, -0.1) is 0 Å². The largest absolute Gasteiger partial charge is 0.289 e. The molecule has 2 aliphatic rings. The standard InChI is InChI=1S/C23H27N2/c1-16-8-3-6-11-18(16)23-24(2)21-14-13-19(17-9-4-5-10-17)20-12-7-15-25(23)22(20)21/h3,6,8,11,13-14,17H,4-5,7,9-10,12,15H2,1-2H3/q+1. The molecule has 0 unspecified atom stereocenters. The van der Waals surface area contributed by atoms with Crippen molar-refractivity contribution in [2.45, 2.75) is 57.9 Å². The van der Waals surface area contributed by atoms with E-state index in [1.165, 1.54) is 66.5 Å². The van der Waals surface area contributed by atoms with Crippen LogP contribution in [0.4, 0.5) is 0 Å². The highest BCUT2D eigenvalue weighted by Gasteiger charge is 2.32. The number of benzene rings is 2. The van der Waals surface area contributed by atoms with Gasteiger partial charge in [0.05, 0.1) is 19.2 Å². The van der Waals surface area contributed by atoms with Crippen LogP contribution in [0.15, 0.2) is 36.4 Å². The van der Waals surface area contributed by atoms with Gasteiger partial charge in [-0.05, 0) is 61.8 Å². The molecule has 0 amide bonds. The molecule has 0 N–H and O–H groups in total. The average molecular weight is 331 g/mol. The van der Waals surface area contributed by atoms with Gasteiger partial charge in [0.25, 0.3) is 5.82 Å². The van der Waals surface area contributed by atoms with Gasteiger partial charge in [-0.25, -0.2) is 9.13 Å². The molecular formula is C23H27N2+. The molecule has 2 nitrogen and oxygen atoms in total. The van der Waals surface area contributed by atoms with Crippen LogP contribution >= 0.6 is 0 Å². The van der Waals surface area contributed by atoms with Crippen LogP contribution in [-0.2, 0) is 20.0 Å². The SMILES string of the molecule is Cc1ccccc1-c1n(C)c2ccc(C3CCCC3)c3c2[n+]1CCC3. The monoisotopic (exact) mass is 331 g/mol. The van der Waals surface area contributed by atoms with Gasteiger partial charge < -0.3 is 0 Å². The van der Waals surface area contributed by atoms with Crippen molar-refractivity contribution in [1.29, 1.82) is 0 Å². The van der Waals surface area contributed by atoms with E-state index in [1.54, 1.807) is 11.1 Å². The van der Waals surface area contributed by atoms with E-state index < -0.39 is 0 Å². The summed E-state index contributed by atoms with van der Waals surface area (Å²) in [6.45, 7) is 3.37. The molecular weight excluding hydrogens is 304 g/mol. The Bertz CT molecular complexity index is 958. The summed E-state index contributed by atoms with van der Waals surface area (Å²) in [4.78, 5) is 0. The smallest absolute Gasteiger partial charge is 0.226 e. The molecule has 2 aromatic carbocycles. The van der Waals surface area contributed by atoms with Crippen LogP contribution in [0.2, 0.25) is 0 Å². The number of imidazole rings is 1. The van der Waals surface area contributed by atoms with Crippen LogP contribution in [-0.4, -0.2) is 4.57 Å². The summed E-state index contributed by atoms with van der Waals surface area (Å²) in [5.41, 5.74) is 8.94. The Morgan fingerprint density at radius 2 is 1.80 bits per heavy atom. The Morgan fingerprint density at radius 3 is 2.60 bits per heavy atom. The molecule has 3 aromatic rings. The second-order valence-electron chi connectivity index (χ2n) is 7.94. The van der Waals surface area contributed by atoms with E-state index in [9.17, 15) is 0 Å². The van der Waals surface area contributed by atoms with Crippen molar-refractivity contribution < 1.29 is 4.57 Å². The highest BCUT2D eigenvalue weighted by Crippen LogP contribution is 2.39. The summed E-state index contributed by atoms with van der Waals surface area (Å²) >= 11 is 0. The van der Waals surface area contributed by atoms with Gasteiger partial charge in [0.15, 0.2) is 11.0 Å². The van der Waals surface area contributed by atoms with Crippen molar-refractivity contribution in [3.05, 3.63) is 53.1 Å². The minimum atomic E-state index is 0.799. The number of aromatic nitrogens is 2. The van der Waals surface area contributed by atoms with Crippen LogP contribution < -0.4 is 4.57 Å². The fourth-order valence-electron chi connectivity index (χ4n) is 5.28. The van der Waals surface area contributed by atoms with Crippen molar-refractivity contribution in [3.8, 4) is 11.4 Å². The number of hydrogen-bond donors (Lipinski definition) is 0. The molecule has 1 fully saturated rings. The number of hydrogen-bond acceptors (Lipinski definition) is 0. The number of aryl methyl sites for hydroxylation is 4. The van der Waals surface area contributed by atoms with Crippen LogP contribution in [0.5, 0.6) is 0 Å². The third kappa shape index (κ3) is 2.19. The summed E-state index contributed by atoms with van der Waals surface area (Å²) < 4.78 is 5.03. The molecule has 1 saturated carbocycles. The van der Waals surface area contributed by atoms with Crippen LogP contribution in [0.25, 0.3) is 22.4 Å². The zero-order chi connectivity index (χ0) is 17.0. The summed E-state index contributed by atoms with van der Waals surface area (Å²) in [7, 11) is 2.24. The number of rotatable bonds is 2. The molecule has 1 aliphatic carbocycles. The topological polar surface area (TPSA) is 8.81 Å².